The fourth-order valence-electron chi connectivity index (χ4n) is 6.30. The number of nitrogens with one attached hydrogen (secondary N) is 1. The first-order chi connectivity index (χ1) is 22.4. The second kappa shape index (κ2) is 11.1. The first-order valence-corrected chi connectivity index (χ1v) is 18.1. The predicted octanol–water partition coefficient (Wildman–Crippen LogP) is -0.265. The Morgan fingerprint density at radius 3 is 2.74 bits per heavy atom. The number of aliphatic hydroxyl groups is 1. The summed E-state index contributed by atoms with van der Waals surface area (Å²) in [5.41, 5.74) is 3.89. The molecule has 20 nitrogen and oxygen atoms in total. The standard InChI is InChI=1S/C23H25FN8O12P2S/c24-9-3-31(18-11(9)20(34)29-7-27-18)21-14-13(33)10(41-21)1-2-39-46(37,47)44-16-15-22(32-8-30-12-17(25)26-6-28-19(12)32)42-23(16,4-38-15)5-40-45(35,36)43-14/h3,6-8,10,13-16,21-22,33H,1-2,4-5H2,(H,35,36)(H,37,47)(H2,25,26,28)(H,27,29,34)/t10-,13-,14-,15-,16+,21-,22-,23-,46?/m1/s1. The zero-order valence-electron chi connectivity index (χ0n) is 23.6. The molecule has 0 amide bonds. The number of H-pyrrole nitrogens is 1. The largest absolute Gasteiger partial charge is 0.472 e. The van der Waals surface area contributed by atoms with Crippen LogP contribution in [0.4, 0.5) is 10.2 Å². The zero-order chi connectivity index (χ0) is 32.9. The Balaban J connectivity index is 1.14. The van der Waals surface area contributed by atoms with E-state index in [0.717, 1.165) is 17.1 Å². The molecule has 4 saturated heterocycles. The molecule has 4 bridgehead atoms. The number of hydrogen-bond acceptors (Lipinski definition) is 16. The van der Waals surface area contributed by atoms with E-state index in [0.29, 0.717) is 0 Å². The van der Waals surface area contributed by atoms with Gasteiger partial charge >= 0.3 is 14.5 Å². The number of hydrogen-bond donors (Lipinski definition) is 5. The van der Waals surface area contributed by atoms with Gasteiger partial charge < -0.3 is 48.9 Å². The third-order valence-corrected chi connectivity index (χ3v) is 11.0. The number of phosphoric ester groups is 1. The molecule has 8 heterocycles. The zero-order valence-corrected chi connectivity index (χ0v) is 26.2. The van der Waals surface area contributed by atoms with Gasteiger partial charge in [0.05, 0.1) is 38.6 Å². The summed E-state index contributed by atoms with van der Waals surface area (Å²) in [5, 5.41) is 10.8. The number of imidazole rings is 1. The number of phosphoric acid groups is 1. The summed E-state index contributed by atoms with van der Waals surface area (Å²) in [5.74, 6) is -0.845. The summed E-state index contributed by atoms with van der Waals surface area (Å²) < 4.78 is 71.5. The van der Waals surface area contributed by atoms with Crippen molar-refractivity contribution >= 4 is 54.4 Å². The van der Waals surface area contributed by atoms with E-state index < -0.39 is 86.5 Å². The molecule has 4 aromatic heterocycles. The molecule has 0 aromatic carbocycles. The lowest BCUT2D eigenvalue weighted by Gasteiger charge is -2.33. The maximum absolute atomic E-state index is 14.9. The summed E-state index contributed by atoms with van der Waals surface area (Å²) in [7, 11) is -5.11. The van der Waals surface area contributed by atoms with Gasteiger partial charge in [-0.1, -0.05) is 0 Å². The molecule has 47 heavy (non-hydrogen) atoms. The highest BCUT2D eigenvalue weighted by Crippen LogP contribution is 2.58. The third-order valence-electron chi connectivity index (χ3n) is 8.42. The van der Waals surface area contributed by atoms with Crippen molar-refractivity contribution in [1.29, 1.82) is 0 Å². The van der Waals surface area contributed by atoms with Crippen LogP contribution < -0.4 is 11.3 Å². The van der Waals surface area contributed by atoms with Crippen LogP contribution >= 0.6 is 14.5 Å². The van der Waals surface area contributed by atoms with E-state index >= 15 is 0 Å². The Bertz CT molecular complexity index is 2050. The Hall–Kier alpha value is -2.82. The van der Waals surface area contributed by atoms with Gasteiger partial charge in [0.15, 0.2) is 35.4 Å². The van der Waals surface area contributed by atoms with Crippen molar-refractivity contribution in [2.75, 3.05) is 25.6 Å². The van der Waals surface area contributed by atoms with Crippen molar-refractivity contribution in [3.05, 3.63) is 41.3 Å². The van der Waals surface area contributed by atoms with Crippen LogP contribution in [0.25, 0.3) is 22.2 Å². The number of nitrogen functional groups attached to an aromatic ring is 1. The van der Waals surface area contributed by atoms with E-state index in [-0.39, 0.29) is 42.3 Å². The SMILES string of the molecule is Nc1ncnc2c1ncn2[C@@H]1O[C@@]23CO[C@@H]1[C@@H]2OP(O)(=S)OCC[C@H]1O[C@@H](n2cc(F)c4c(=O)[nH]cnc42)[C@H](OP(=O)(O)OC3)[C@@H]1O. The second-order valence-corrected chi connectivity index (χ2v) is 15.4. The van der Waals surface area contributed by atoms with Crippen molar-refractivity contribution in [3.63, 3.8) is 0 Å². The number of fused-ring (bicyclic) bond motifs is 4. The summed E-state index contributed by atoms with van der Waals surface area (Å²) in [6.45, 7) is -5.31. The molecular weight excluding hydrogens is 693 g/mol. The molecule has 252 valence electrons. The minimum Gasteiger partial charge on any atom is -0.387 e. The van der Waals surface area contributed by atoms with Crippen molar-refractivity contribution in [2.45, 2.75) is 55.0 Å². The Kier molecular flexibility index (Phi) is 7.43. The smallest absolute Gasteiger partial charge is 0.387 e. The average Bonchev–Trinajstić information content (AvgIpc) is 3.81. The molecule has 24 heteroatoms. The van der Waals surface area contributed by atoms with E-state index in [2.05, 4.69) is 24.9 Å². The Morgan fingerprint density at radius 1 is 1.09 bits per heavy atom. The molecular formula is C23H25FN8O12P2S. The van der Waals surface area contributed by atoms with Gasteiger partial charge in [0.1, 0.15) is 47.2 Å². The number of nitrogens with two attached hydrogens (primary N) is 1. The van der Waals surface area contributed by atoms with E-state index in [1.165, 1.54) is 17.2 Å². The normalized spacial score (nSPS) is 39.4. The predicted molar refractivity (Wildman–Crippen MR) is 155 cm³/mol. The van der Waals surface area contributed by atoms with Gasteiger partial charge in [0.25, 0.3) is 5.56 Å². The number of aromatic amines is 1. The molecule has 4 fully saturated rings. The average molecular weight is 719 g/mol. The summed E-state index contributed by atoms with van der Waals surface area (Å²) in [6.07, 6.45) is -4.64. The van der Waals surface area contributed by atoms with E-state index in [1.54, 1.807) is 0 Å². The van der Waals surface area contributed by atoms with Gasteiger partial charge in [-0.15, -0.1) is 0 Å². The summed E-state index contributed by atoms with van der Waals surface area (Å²) in [6, 6.07) is 0. The number of ether oxygens (including phenoxy) is 3. The van der Waals surface area contributed by atoms with Crippen LogP contribution in [-0.4, -0.2) is 105 Å². The number of halogens is 1. The number of aromatic nitrogens is 7. The maximum atomic E-state index is 14.9. The minimum atomic E-state index is -5.11. The van der Waals surface area contributed by atoms with Crippen LogP contribution in [-0.2, 0) is 48.7 Å². The van der Waals surface area contributed by atoms with Gasteiger partial charge in [-0.3, -0.25) is 22.9 Å². The lowest BCUT2D eigenvalue weighted by molar-refractivity contribution is -0.184. The molecule has 0 aliphatic carbocycles. The van der Waals surface area contributed by atoms with E-state index in [1.807, 2.05) is 0 Å². The van der Waals surface area contributed by atoms with Gasteiger partial charge in [-0.25, -0.2) is 28.9 Å². The highest BCUT2D eigenvalue weighted by atomic mass is 32.5. The summed E-state index contributed by atoms with van der Waals surface area (Å²) >= 11 is 5.29. The van der Waals surface area contributed by atoms with Crippen LogP contribution in [0.15, 0.2) is 30.0 Å². The van der Waals surface area contributed by atoms with Crippen LogP contribution in [0.2, 0.25) is 0 Å². The van der Waals surface area contributed by atoms with Crippen LogP contribution in [0.1, 0.15) is 18.9 Å². The van der Waals surface area contributed by atoms with Crippen molar-refractivity contribution in [3.8, 4) is 0 Å². The third kappa shape index (κ3) is 5.16. The highest BCUT2D eigenvalue weighted by Gasteiger charge is 2.65. The van der Waals surface area contributed by atoms with Gasteiger partial charge in [0.2, 0.25) is 0 Å². The molecule has 0 saturated carbocycles. The Morgan fingerprint density at radius 2 is 1.91 bits per heavy atom. The van der Waals surface area contributed by atoms with Crippen LogP contribution in [0.3, 0.4) is 0 Å². The Labute approximate surface area is 266 Å². The van der Waals surface area contributed by atoms with Gasteiger partial charge in [-0.2, -0.15) is 0 Å². The summed E-state index contributed by atoms with van der Waals surface area (Å²) in [4.78, 5) is 53.0. The topological polar surface area (TPSA) is 263 Å². The fourth-order valence-corrected chi connectivity index (χ4v) is 8.78. The fraction of sp³-hybridized carbons (Fsp3) is 0.522. The first-order valence-electron chi connectivity index (χ1n) is 14.0. The first kappa shape index (κ1) is 31.4. The molecule has 4 aliphatic heterocycles. The maximum Gasteiger partial charge on any atom is 0.472 e. The van der Waals surface area contributed by atoms with Gasteiger partial charge in [0, 0.05) is 12.6 Å². The number of anilines is 1. The second-order valence-electron chi connectivity index (χ2n) is 11.2. The molecule has 2 unspecified atom stereocenters. The molecule has 0 spiro atoms. The lowest BCUT2D eigenvalue weighted by atomic mass is 10.0. The number of rotatable bonds is 2. The number of aliphatic hydroxyl groups excluding tert-OH is 1. The monoisotopic (exact) mass is 718 g/mol. The molecule has 10 atom stereocenters. The molecule has 4 aliphatic rings. The van der Waals surface area contributed by atoms with Gasteiger partial charge in [-0.05, 0) is 11.8 Å². The molecule has 8 rings (SSSR count). The van der Waals surface area contributed by atoms with Crippen molar-refractivity contribution in [1.82, 2.24) is 34.1 Å². The highest BCUT2D eigenvalue weighted by molar-refractivity contribution is 8.07. The van der Waals surface area contributed by atoms with Crippen LogP contribution in [0.5, 0.6) is 0 Å². The van der Waals surface area contributed by atoms with E-state index in [4.69, 9.17) is 49.8 Å². The molecule has 0 radical (unpaired) electrons. The molecule has 4 aromatic rings. The lowest BCUT2D eigenvalue weighted by Crippen LogP contribution is -2.46. The quantitative estimate of drug-likeness (QED) is 0.167. The van der Waals surface area contributed by atoms with Crippen molar-refractivity contribution < 1.29 is 56.2 Å². The van der Waals surface area contributed by atoms with E-state index in [9.17, 15) is 28.6 Å². The number of nitrogens with zero attached hydrogens (tertiary/aromatic N) is 6. The minimum absolute atomic E-state index is 0.115. The van der Waals surface area contributed by atoms with Crippen molar-refractivity contribution in [2.24, 2.45) is 0 Å². The molecule has 6 N–H and O–H groups in total. The van der Waals surface area contributed by atoms with Crippen LogP contribution in [0, 0.1) is 5.82 Å².